The molecular formula is C30H28F3N3O5. The number of nitrogens with two attached hydrogens (primary N) is 1. The summed E-state index contributed by atoms with van der Waals surface area (Å²) in [5, 5.41) is 0. The molecule has 0 saturated heterocycles. The van der Waals surface area contributed by atoms with Crippen LogP contribution in [-0.4, -0.2) is 29.1 Å². The third-order valence-electron chi connectivity index (χ3n) is 6.70. The molecule has 0 amide bonds. The van der Waals surface area contributed by atoms with E-state index in [0.29, 0.717) is 28.9 Å². The summed E-state index contributed by atoms with van der Waals surface area (Å²) in [6.45, 7) is 0.740. The molecule has 1 heterocycles. The predicted molar refractivity (Wildman–Crippen MR) is 147 cm³/mol. The maximum Gasteiger partial charge on any atom is 0.416 e. The Morgan fingerprint density at radius 3 is 2.32 bits per heavy atom. The third kappa shape index (κ3) is 6.41. The summed E-state index contributed by atoms with van der Waals surface area (Å²) in [6.07, 6.45) is -4.02. The van der Waals surface area contributed by atoms with E-state index >= 15 is 0 Å². The summed E-state index contributed by atoms with van der Waals surface area (Å²) in [4.78, 5) is 38.1. The highest BCUT2D eigenvalue weighted by Crippen LogP contribution is 2.32. The van der Waals surface area contributed by atoms with Crippen LogP contribution in [0.15, 0.2) is 82.4 Å². The number of nitrogens with zero attached hydrogens (tertiary/aromatic N) is 2. The number of ether oxygens (including phenoxy) is 2. The van der Waals surface area contributed by atoms with E-state index in [1.807, 2.05) is 0 Å². The van der Waals surface area contributed by atoms with Crippen LogP contribution in [-0.2, 0) is 24.1 Å². The van der Waals surface area contributed by atoms with Gasteiger partial charge in [-0.3, -0.25) is 18.7 Å². The number of hydrogen-bond acceptors (Lipinski definition) is 6. The van der Waals surface area contributed by atoms with Crippen LogP contribution in [0.2, 0.25) is 0 Å². The van der Waals surface area contributed by atoms with Crippen molar-refractivity contribution in [3.05, 3.63) is 116 Å². The van der Waals surface area contributed by atoms with Crippen molar-refractivity contribution in [3.8, 4) is 22.6 Å². The molecule has 0 bridgehead atoms. The van der Waals surface area contributed by atoms with Crippen molar-refractivity contribution in [1.82, 2.24) is 9.13 Å². The van der Waals surface area contributed by atoms with Gasteiger partial charge in [0.1, 0.15) is 18.1 Å². The van der Waals surface area contributed by atoms with Crippen LogP contribution in [0, 0.1) is 6.92 Å². The van der Waals surface area contributed by atoms with Crippen molar-refractivity contribution >= 4 is 6.29 Å². The molecule has 4 rings (SSSR count). The van der Waals surface area contributed by atoms with E-state index in [0.717, 1.165) is 15.2 Å². The number of alkyl halides is 3. The van der Waals surface area contributed by atoms with Gasteiger partial charge in [-0.25, -0.2) is 4.79 Å². The Morgan fingerprint density at radius 2 is 1.66 bits per heavy atom. The largest absolute Gasteiger partial charge is 0.497 e. The number of hydrogen-bond donors (Lipinski definition) is 1. The van der Waals surface area contributed by atoms with Crippen molar-refractivity contribution in [2.75, 3.05) is 13.7 Å². The summed E-state index contributed by atoms with van der Waals surface area (Å²) >= 11 is 0. The molecule has 1 unspecified atom stereocenters. The van der Waals surface area contributed by atoms with Gasteiger partial charge in [0.15, 0.2) is 6.29 Å². The Balaban J connectivity index is 1.85. The molecular weight excluding hydrogens is 539 g/mol. The van der Waals surface area contributed by atoms with Crippen LogP contribution in [0.3, 0.4) is 0 Å². The normalized spacial score (nSPS) is 12.1. The molecule has 0 fully saturated rings. The van der Waals surface area contributed by atoms with Gasteiger partial charge in [-0.05, 0) is 53.9 Å². The van der Waals surface area contributed by atoms with Gasteiger partial charge in [-0.1, -0.05) is 42.5 Å². The SMILES string of the molecule is COc1cccc(-c2c(C)n(Cc3ccccc3C(F)(F)F)c(=O)n(CC(N)c3ccc(OCC=O)cc3)c2=O)c1. The van der Waals surface area contributed by atoms with E-state index in [1.165, 1.54) is 32.2 Å². The van der Waals surface area contributed by atoms with Gasteiger partial charge in [0.25, 0.3) is 5.56 Å². The molecule has 4 aromatic rings. The topological polar surface area (TPSA) is 106 Å². The number of benzene rings is 3. The zero-order valence-corrected chi connectivity index (χ0v) is 22.4. The summed E-state index contributed by atoms with van der Waals surface area (Å²) in [7, 11) is 1.47. The zero-order valence-electron chi connectivity index (χ0n) is 22.4. The Labute approximate surface area is 233 Å². The minimum Gasteiger partial charge on any atom is -0.497 e. The Kier molecular flexibility index (Phi) is 8.77. The van der Waals surface area contributed by atoms with Crippen molar-refractivity contribution in [1.29, 1.82) is 0 Å². The van der Waals surface area contributed by atoms with E-state index in [2.05, 4.69) is 0 Å². The minimum atomic E-state index is -4.64. The molecule has 3 aromatic carbocycles. The maximum absolute atomic E-state index is 13.8. The van der Waals surface area contributed by atoms with Gasteiger partial charge in [-0.15, -0.1) is 0 Å². The molecule has 0 aliphatic carbocycles. The lowest BCUT2D eigenvalue weighted by Crippen LogP contribution is -2.44. The number of carbonyl (C=O) groups is 1. The number of aldehydes is 1. The van der Waals surface area contributed by atoms with Crippen LogP contribution >= 0.6 is 0 Å². The van der Waals surface area contributed by atoms with E-state index in [-0.39, 0.29) is 30.0 Å². The smallest absolute Gasteiger partial charge is 0.416 e. The Bertz CT molecular complexity index is 1660. The fourth-order valence-corrected chi connectivity index (χ4v) is 4.61. The van der Waals surface area contributed by atoms with Crippen molar-refractivity contribution in [3.63, 3.8) is 0 Å². The fourth-order valence-electron chi connectivity index (χ4n) is 4.61. The molecule has 41 heavy (non-hydrogen) atoms. The summed E-state index contributed by atoms with van der Waals surface area (Å²) in [6, 6.07) is 17.3. The summed E-state index contributed by atoms with van der Waals surface area (Å²) < 4.78 is 54.0. The van der Waals surface area contributed by atoms with Gasteiger partial charge >= 0.3 is 11.9 Å². The molecule has 1 atom stereocenters. The first-order valence-electron chi connectivity index (χ1n) is 12.6. The Hall–Kier alpha value is -4.64. The van der Waals surface area contributed by atoms with Crippen molar-refractivity contribution in [2.24, 2.45) is 5.73 Å². The molecule has 0 spiro atoms. The van der Waals surface area contributed by atoms with Gasteiger partial charge in [0.05, 0.1) is 31.3 Å². The average Bonchev–Trinajstić information content (AvgIpc) is 2.96. The summed E-state index contributed by atoms with van der Waals surface area (Å²) in [5.74, 6) is 0.896. The second-order valence-electron chi connectivity index (χ2n) is 9.28. The van der Waals surface area contributed by atoms with Gasteiger partial charge in [0.2, 0.25) is 0 Å². The van der Waals surface area contributed by atoms with E-state index < -0.39 is 35.6 Å². The highest BCUT2D eigenvalue weighted by atomic mass is 19.4. The molecule has 11 heteroatoms. The maximum atomic E-state index is 13.8. The third-order valence-corrected chi connectivity index (χ3v) is 6.70. The van der Waals surface area contributed by atoms with Gasteiger partial charge in [-0.2, -0.15) is 13.2 Å². The predicted octanol–water partition coefficient (Wildman–Crippen LogP) is 4.34. The Morgan fingerprint density at radius 1 is 0.951 bits per heavy atom. The van der Waals surface area contributed by atoms with E-state index in [4.69, 9.17) is 15.2 Å². The van der Waals surface area contributed by atoms with Crippen molar-refractivity contribution in [2.45, 2.75) is 32.2 Å². The van der Waals surface area contributed by atoms with E-state index in [1.54, 1.807) is 48.5 Å². The first-order chi connectivity index (χ1) is 19.5. The highest BCUT2D eigenvalue weighted by Gasteiger charge is 2.33. The molecule has 8 nitrogen and oxygen atoms in total. The lowest BCUT2D eigenvalue weighted by molar-refractivity contribution is -0.138. The summed E-state index contributed by atoms with van der Waals surface area (Å²) in [5.41, 5.74) is 5.32. The molecule has 1 aromatic heterocycles. The molecule has 0 aliphatic heterocycles. The second kappa shape index (κ2) is 12.3. The number of carbonyl (C=O) groups excluding carboxylic acids is 1. The average molecular weight is 568 g/mol. The quantitative estimate of drug-likeness (QED) is 0.286. The first-order valence-corrected chi connectivity index (χ1v) is 12.6. The van der Waals surface area contributed by atoms with Crippen LogP contribution in [0.5, 0.6) is 11.5 Å². The van der Waals surface area contributed by atoms with Crippen LogP contribution in [0.25, 0.3) is 11.1 Å². The highest BCUT2D eigenvalue weighted by molar-refractivity contribution is 5.66. The monoisotopic (exact) mass is 567 g/mol. The van der Waals surface area contributed by atoms with E-state index in [9.17, 15) is 27.6 Å². The van der Waals surface area contributed by atoms with Crippen LogP contribution in [0.1, 0.15) is 28.4 Å². The lowest BCUT2D eigenvalue weighted by Gasteiger charge is -2.21. The van der Waals surface area contributed by atoms with Gasteiger partial charge in [0, 0.05) is 11.7 Å². The fraction of sp³-hybridized carbons (Fsp3) is 0.233. The number of aromatic nitrogens is 2. The van der Waals surface area contributed by atoms with Gasteiger partial charge < -0.3 is 15.2 Å². The number of methoxy groups -OCH3 is 1. The molecule has 214 valence electrons. The zero-order chi connectivity index (χ0) is 29.7. The molecule has 0 aliphatic rings. The lowest BCUT2D eigenvalue weighted by atomic mass is 10.0. The van der Waals surface area contributed by atoms with Crippen LogP contribution < -0.4 is 26.5 Å². The number of rotatable bonds is 10. The van der Waals surface area contributed by atoms with Crippen molar-refractivity contribution < 1.29 is 27.4 Å². The second-order valence-corrected chi connectivity index (χ2v) is 9.28. The first kappa shape index (κ1) is 29.3. The standard InChI is InChI=1S/C30H28F3N3O5/c1-19-27(21-7-5-8-24(16-21)40-2)28(38)36(18-26(34)20-10-12-23(13-11-20)41-15-14-37)29(39)35(19)17-22-6-3-4-9-25(22)30(31,32)33/h3-14,16,26H,15,17-18,34H2,1-2H3. The molecule has 0 saturated carbocycles. The minimum absolute atomic E-state index is 0.117. The molecule has 2 N–H and O–H groups in total. The number of halogens is 3. The molecule has 0 radical (unpaired) electrons. The van der Waals surface area contributed by atoms with Crippen LogP contribution in [0.4, 0.5) is 13.2 Å².